The summed E-state index contributed by atoms with van der Waals surface area (Å²) in [5.74, 6) is 5.14. The summed E-state index contributed by atoms with van der Waals surface area (Å²) in [5.41, 5.74) is 3.51. The third kappa shape index (κ3) is 5.33. The lowest BCUT2D eigenvalue weighted by molar-refractivity contribution is -0.150. The molecule has 8 atom stereocenters. The van der Waals surface area contributed by atoms with Crippen molar-refractivity contribution in [2.75, 3.05) is 0 Å². The van der Waals surface area contributed by atoms with E-state index in [1.54, 1.807) is 5.57 Å². The Kier molecular flexibility index (Phi) is 7.95. The highest BCUT2D eigenvalue weighted by atomic mass is 16.5. The number of rotatable bonds is 8. The Labute approximate surface area is 227 Å². The van der Waals surface area contributed by atoms with Gasteiger partial charge in [0, 0.05) is 6.42 Å². The summed E-state index contributed by atoms with van der Waals surface area (Å²) < 4.78 is 6.02. The summed E-state index contributed by atoms with van der Waals surface area (Å²) in [6.45, 7) is 12.6. The zero-order valence-electron chi connectivity index (χ0n) is 24.3. The van der Waals surface area contributed by atoms with Crippen molar-refractivity contribution < 1.29 is 9.53 Å². The van der Waals surface area contributed by atoms with Gasteiger partial charge in [-0.15, -0.1) is 0 Å². The highest BCUT2D eigenvalue weighted by Crippen LogP contribution is 2.67. The molecule has 0 bridgehead atoms. The van der Waals surface area contributed by atoms with E-state index in [1.165, 1.54) is 57.8 Å². The summed E-state index contributed by atoms with van der Waals surface area (Å²) in [6.07, 6.45) is 17.4. The van der Waals surface area contributed by atoms with Gasteiger partial charge in [-0.3, -0.25) is 4.79 Å². The van der Waals surface area contributed by atoms with E-state index in [-0.39, 0.29) is 12.1 Å². The quantitative estimate of drug-likeness (QED) is 0.260. The zero-order valence-corrected chi connectivity index (χ0v) is 24.3. The fraction of sp³-hybridized carbons (Fsp3) is 0.743. The molecule has 0 unspecified atom stereocenters. The van der Waals surface area contributed by atoms with Crippen LogP contribution in [0.2, 0.25) is 0 Å². The minimum absolute atomic E-state index is 0.0588. The Balaban J connectivity index is 1.22. The van der Waals surface area contributed by atoms with Crippen molar-refractivity contribution in [1.82, 2.24) is 0 Å². The highest BCUT2D eigenvalue weighted by Gasteiger charge is 2.59. The fourth-order valence-corrected chi connectivity index (χ4v) is 9.74. The van der Waals surface area contributed by atoms with Gasteiger partial charge in [0.1, 0.15) is 6.10 Å². The molecule has 0 heterocycles. The van der Waals surface area contributed by atoms with Crippen LogP contribution in [0.15, 0.2) is 42.0 Å². The maximum absolute atomic E-state index is 12.7. The summed E-state index contributed by atoms with van der Waals surface area (Å²) >= 11 is 0. The number of carbonyl (C=O) groups excluding carboxylic acids is 1. The lowest BCUT2D eigenvalue weighted by atomic mass is 9.47. The second kappa shape index (κ2) is 10.9. The number of hydrogen-bond donors (Lipinski definition) is 0. The Bertz CT molecular complexity index is 963. The van der Waals surface area contributed by atoms with Crippen molar-refractivity contribution in [2.24, 2.45) is 46.3 Å². The minimum atomic E-state index is -0.0676. The topological polar surface area (TPSA) is 26.3 Å². The van der Waals surface area contributed by atoms with Crippen molar-refractivity contribution in [2.45, 2.75) is 118 Å². The summed E-state index contributed by atoms with van der Waals surface area (Å²) in [5, 5.41) is 0. The Morgan fingerprint density at radius 2 is 1.76 bits per heavy atom. The molecule has 37 heavy (non-hydrogen) atoms. The SMILES string of the molecule is CC(C)CCC[C@H](C)[C@@H]1CC[C@@H]2[C@@H]3CC=C4C[C@@H](OC(=O)Cc5ccccc5)CC[C@]4(C)[C@H]3CC[C@@]21C. The first-order valence-corrected chi connectivity index (χ1v) is 15.6. The molecule has 0 amide bonds. The van der Waals surface area contributed by atoms with Gasteiger partial charge in [-0.05, 0) is 96.8 Å². The van der Waals surface area contributed by atoms with Crippen LogP contribution in [0.3, 0.4) is 0 Å². The molecule has 204 valence electrons. The molecular formula is C35H52O2. The van der Waals surface area contributed by atoms with Gasteiger partial charge < -0.3 is 4.74 Å². The second-order valence-electron chi connectivity index (χ2n) is 14.3. The first kappa shape index (κ1) is 27.0. The molecule has 0 radical (unpaired) electrons. The molecule has 4 aliphatic carbocycles. The number of carbonyl (C=O) groups is 1. The largest absolute Gasteiger partial charge is 0.462 e. The van der Waals surface area contributed by atoms with Crippen LogP contribution in [0, 0.1) is 46.3 Å². The van der Waals surface area contributed by atoms with Crippen LogP contribution in [-0.2, 0) is 16.0 Å². The maximum atomic E-state index is 12.7. The number of benzene rings is 1. The van der Waals surface area contributed by atoms with Crippen LogP contribution in [0.4, 0.5) is 0 Å². The third-order valence-electron chi connectivity index (χ3n) is 11.7. The van der Waals surface area contributed by atoms with E-state index in [4.69, 9.17) is 4.74 Å². The van der Waals surface area contributed by atoms with Gasteiger partial charge in [0.05, 0.1) is 6.42 Å². The summed E-state index contributed by atoms with van der Waals surface area (Å²) in [6, 6.07) is 10.0. The molecule has 1 aromatic rings. The summed E-state index contributed by atoms with van der Waals surface area (Å²) in [4.78, 5) is 12.7. The van der Waals surface area contributed by atoms with Gasteiger partial charge in [-0.1, -0.05) is 95.9 Å². The molecule has 3 fully saturated rings. The number of hydrogen-bond acceptors (Lipinski definition) is 2. The second-order valence-corrected chi connectivity index (χ2v) is 14.3. The fourth-order valence-electron chi connectivity index (χ4n) is 9.74. The molecule has 3 saturated carbocycles. The van der Waals surface area contributed by atoms with E-state index >= 15 is 0 Å². The van der Waals surface area contributed by atoms with Crippen LogP contribution >= 0.6 is 0 Å². The normalized spacial score (nSPS) is 37.8. The van der Waals surface area contributed by atoms with Gasteiger partial charge in [-0.2, -0.15) is 0 Å². The molecule has 2 heteroatoms. The van der Waals surface area contributed by atoms with Crippen LogP contribution in [-0.4, -0.2) is 12.1 Å². The molecule has 0 aliphatic heterocycles. The lowest BCUT2D eigenvalue weighted by Gasteiger charge is -2.58. The highest BCUT2D eigenvalue weighted by molar-refractivity contribution is 5.72. The van der Waals surface area contributed by atoms with Crippen LogP contribution < -0.4 is 0 Å². The zero-order chi connectivity index (χ0) is 26.2. The van der Waals surface area contributed by atoms with Crippen molar-refractivity contribution in [3.63, 3.8) is 0 Å². The first-order valence-electron chi connectivity index (χ1n) is 15.6. The third-order valence-corrected chi connectivity index (χ3v) is 11.7. The van der Waals surface area contributed by atoms with E-state index in [1.807, 2.05) is 30.3 Å². The van der Waals surface area contributed by atoms with Crippen molar-refractivity contribution >= 4 is 5.97 Å². The number of esters is 1. The number of ether oxygens (including phenoxy) is 1. The molecule has 0 N–H and O–H groups in total. The van der Waals surface area contributed by atoms with E-state index < -0.39 is 0 Å². The molecule has 2 nitrogen and oxygen atoms in total. The minimum Gasteiger partial charge on any atom is -0.462 e. The van der Waals surface area contributed by atoms with Crippen molar-refractivity contribution in [3.05, 3.63) is 47.5 Å². The van der Waals surface area contributed by atoms with Gasteiger partial charge in [-0.25, -0.2) is 0 Å². The molecular weight excluding hydrogens is 452 g/mol. The van der Waals surface area contributed by atoms with E-state index in [0.29, 0.717) is 17.3 Å². The van der Waals surface area contributed by atoms with Gasteiger partial charge in [0.15, 0.2) is 0 Å². The standard InChI is InChI=1S/C35H52O2/c1-24(2)10-9-11-25(3)30-16-17-31-29-15-14-27-23-28(37-33(36)22-26-12-7-6-8-13-26)18-20-34(27,4)32(29)19-21-35(30,31)5/h6-8,12-14,24-25,28-32H,9-11,15-23H2,1-5H3/t25-,28-,29-,30-,31+,32-,34-,35+/m0/s1. The monoisotopic (exact) mass is 504 g/mol. The predicted molar refractivity (Wildman–Crippen MR) is 153 cm³/mol. The lowest BCUT2D eigenvalue weighted by Crippen LogP contribution is -2.51. The molecule has 5 rings (SSSR count). The molecule has 4 aliphatic rings. The molecule has 0 saturated heterocycles. The molecule has 0 aromatic heterocycles. The Morgan fingerprint density at radius 3 is 2.51 bits per heavy atom. The van der Waals surface area contributed by atoms with Crippen molar-refractivity contribution in [3.8, 4) is 0 Å². The number of allylic oxidation sites excluding steroid dienone is 1. The molecule has 0 spiro atoms. The molecule has 1 aromatic carbocycles. The van der Waals surface area contributed by atoms with E-state index in [0.717, 1.165) is 53.9 Å². The van der Waals surface area contributed by atoms with Gasteiger partial charge in [0.25, 0.3) is 0 Å². The van der Waals surface area contributed by atoms with Crippen molar-refractivity contribution in [1.29, 1.82) is 0 Å². The first-order chi connectivity index (χ1) is 17.7. The smallest absolute Gasteiger partial charge is 0.310 e. The maximum Gasteiger partial charge on any atom is 0.310 e. The Morgan fingerprint density at radius 1 is 0.973 bits per heavy atom. The van der Waals surface area contributed by atoms with E-state index in [2.05, 4.69) is 40.7 Å². The Hall–Kier alpha value is -1.57. The van der Waals surface area contributed by atoms with Crippen LogP contribution in [0.25, 0.3) is 0 Å². The van der Waals surface area contributed by atoms with Crippen LogP contribution in [0.5, 0.6) is 0 Å². The van der Waals surface area contributed by atoms with Gasteiger partial charge >= 0.3 is 5.97 Å². The average Bonchev–Trinajstić information content (AvgIpc) is 3.22. The summed E-state index contributed by atoms with van der Waals surface area (Å²) in [7, 11) is 0. The average molecular weight is 505 g/mol. The number of fused-ring (bicyclic) bond motifs is 5. The van der Waals surface area contributed by atoms with Crippen LogP contribution in [0.1, 0.15) is 111 Å². The van der Waals surface area contributed by atoms with E-state index in [9.17, 15) is 4.79 Å². The van der Waals surface area contributed by atoms with Gasteiger partial charge in [0.2, 0.25) is 0 Å². The predicted octanol–water partition coefficient (Wildman–Crippen LogP) is 9.18.